The Morgan fingerprint density at radius 3 is 2.72 bits per heavy atom. The van der Waals surface area contributed by atoms with Crippen LogP contribution in [-0.2, 0) is 13.2 Å². The fourth-order valence-electron chi connectivity index (χ4n) is 2.74. The molecule has 0 radical (unpaired) electrons. The number of thioether (sulfide) groups is 1. The van der Waals surface area contributed by atoms with Crippen LogP contribution in [0.15, 0.2) is 66.3 Å². The first kappa shape index (κ1) is 21.1. The summed E-state index contributed by atoms with van der Waals surface area (Å²) in [7, 11) is 0. The molecule has 3 aromatic rings. The van der Waals surface area contributed by atoms with Gasteiger partial charge in [0.2, 0.25) is 0 Å². The molecule has 0 bridgehead atoms. The number of carbonyl (C=O) groups excluding carboxylic acids is 1. The predicted molar refractivity (Wildman–Crippen MR) is 117 cm³/mol. The van der Waals surface area contributed by atoms with Gasteiger partial charge in [0, 0.05) is 17.1 Å². The van der Waals surface area contributed by atoms with Crippen molar-refractivity contribution in [2.24, 2.45) is 0 Å². The van der Waals surface area contributed by atoms with Crippen LogP contribution in [0.25, 0.3) is 0 Å². The van der Waals surface area contributed by atoms with Gasteiger partial charge in [-0.05, 0) is 55.8 Å². The number of nitrogens with zero attached hydrogens (tertiary/aromatic N) is 3. The van der Waals surface area contributed by atoms with Crippen molar-refractivity contribution < 1.29 is 9.53 Å². The lowest BCUT2D eigenvalue weighted by atomic mass is 10.1. The van der Waals surface area contributed by atoms with Crippen molar-refractivity contribution in [2.45, 2.75) is 37.4 Å². The summed E-state index contributed by atoms with van der Waals surface area (Å²) in [6.07, 6.45) is 1.77. The minimum atomic E-state index is -0.325. The van der Waals surface area contributed by atoms with E-state index in [9.17, 15) is 4.79 Å². The predicted octanol–water partition coefficient (Wildman–Crippen LogP) is 5.37. The quantitative estimate of drug-likeness (QED) is 0.261. The fraction of sp³-hybridized carbons (Fsp3) is 0.227. The highest BCUT2D eigenvalue weighted by atomic mass is 35.5. The minimum absolute atomic E-state index is 0.0115. The van der Waals surface area contributed by atoms with Gasteiger partial charge in [-0.25, -0.2) is 0 Å². The lowest BCUT2D eigenvalue weighted by Gasteiger charge is -2.12. The number of hydrogen-bond donors (Lipinski definition) is 0. The normalized spacial score (nSPS) is 11.8. The van der Waals surface area contributed by atoms with Crippen LogP contribution >= 0.6 is 23.4 Å². The number of ketones is 1. The second-order valence-corrected chi connectivity index (χ2v) is 8.28. The van der Waals surface area contributed by atoms with E-state index in [1.807, 2.05) is 42.7 Å². The molecule has 2 aromatic carbocycles. The van der Waals surface area contributed by atoms with E-state index in [1.165, 1.54) is 11.8 Å². The number of benzene rings is 2. The highest BCUT2D eigenvalue weighted by Crippen LogP contribution is 2.26. The molecule has 150 valence electrons. The largest absolute Gasteiger partial charge is 0.486 e. The van der Waals surface area contributed by atoms with Gasteiger partial charge >= 0.3 is 0 Å². The molecule has 29 heavy (non-hydrogen) atoms. The summed E-state index contributed by atoms with van der Waals surface area (Å²) in [4.78, 5) is 12.7. The number of allylic oxidation sites excluding steroid dienone is 1. The molecule has 0 amide bonds. The Labute approximate surface area is 179 Å². The SMILES string of the molecule is C=CCn1c(COc2cccc(C)c2)nnc1SC(C)C(=O)c1ccc(Cl)cc1. The lowest BCUT2D eigenvalue weighted by Crippen LogP contribution is -2.15. The van der Waals surface area contributed by atoms with E-state index >= 15 is 0 Å². The van der Waals surface area contributed by atoms with Gasteiger partial charge in [0.1, 0.15) is 12.4 Å². The Bertz CT molecular complexity index is 1000. The van der Waals surface area contributed by atoms with E-state index in [0.29, 0.717) is 28.1 Å². The number of ether oxygens (including phenoxy) is 1. The zero-order valence-corrected chi connectivity index (χ0v) is 17.9. The van der Waals surface area contributed by atoms with Crippen LogP contribution in [0.3, 0.4) is 0 Å². The smallest absolute Gasteiger partial charge is 0.192 e. The number of aryl methyl sites for hydroxylation is 1. The number of aromatic nitrogens is 3. The molecule has 0 aliphatic carbocycles. The molecule has 1 heterocycles. The zero-order chi connectivity index (χ0) is 20.8. The van der Waals surface area contributed by atoms with Gasteiger partial charge in [-0.2, -0.15) is 0 Å². The van der Waals surface area contributed by atoms with E-state index in [4.69, 9.17) is 16.3 Å². The van der Waals surface area contributed by atoms with Crippen LogP contribution < -0.4 is 4.74 Å². The maximum Gasteiger partial charge on any atom is 0.192 e. The summed E-state index contributed by atoms with van der Waals surface area (Å²) in [5.74, 6) is 1.47. The summed E-state index contributed by atoms with van der Waals surface area (Å²) >= 11 is 7.27. The monoisotopic (exact) mass is 427 g/mol. The highest BCUT2D eigenvalue weighted by Gasteiger charge is 2.21. The number of Topliss-reactive ketones (excluding diaryl/α,β-unsaturated/α-hetero) is 1. The van der Waals surface area contributed by atoms with Gasteiger partial charge < -0.3 is 4.74 Å². The topological polar surface area (TPSA) is 57.0 Å². The molecule has 3 rings (SSSR count). The van der Waals surface area contributed by atoms with Gasteiger partial charge in [-0.3, -0.25) is 9.36 Å². The molecule has 0 saturated heterocycles. The van der Waals surface area contributed by atoms with Crippen molar-refractivity contribution in [1.82, 2.24) is 14.8 Å². The third kappa shape index (κ3) is 5.49. The molecule has 0 N–H and O–H groups in total. The van der Waals surface area contributed by atoms with Crippen molar-refractivity contribution >= 4 is 29.1 Å². The summed E-state index contributed by atoms with van der Waals surface area (Å²) in [5, 5.41) is 9.46. The van der Waals surface area contributed by atoms with Crippen LogP contribution in [-0.4, -0.2) is 25.8 Å². The minimum Gasteiger partial charge on any atom is -0.486 e. The first-order chi connectivity index (χ1) is 14.0. The van der Waals surface area contributed by atoms with Gasteiger partial charge in [0.05, 0.1) is 5.25 Å². The van der Waals surface area contributed by atoms with Crippen molar-refractivity contribution in [2.75, 3.05) is 0 Å². The van der Waals surface area contributed by atoms with Gasteiger partial charge in [-0.1, -0.05) is 41.6 Å². The second-order valence-electron chi connectivity index (χ2n) is 6.53. The molecule has 0 aliphatic heterocycles. The maximum absolute atomic E-state index is 12.7. The molecular formula is C22H22ClN3O2S. The average molecular weight is 428 g/mol. The Hall–Kier alpha value is -2.57. The van der Waals surface area contributed by atoms with E-state index in [-0.39, 0.29) is 17.6 Å². The molecule has 5 nitrogen and oxygen atoms in total. The van der Waals surface area contributed by atoms with Crippen molar-refractivity contribution in [1.29, 1.82) is 0 Å². The molecular weight excluding hydrogens is 406 g/mol. The van der Waals surface area contributed by atoms with Crippen LogP contribution in [0.2, 0.25) is 5.02 Å². The van der Waals surface area contributed by atoms with Crippen LogP contribution in [0.4, 0.5) is 0 Å². The molecule has 0 spiro atoms. The molecule has 1 aromatic heterocycles. The third-order valence-corrected chi connectivity index (χ3v) is 5.58. The summed E-state index contributed by atoms with van der Waals surface area (Å²) in [6.45, 7) is 8.50. The number of hydrogen-bond acceptors (Lipinski definition) is 5. The molecule has 1 unspecified atom stereocenters. The summed E-state index contributed by atoms with van der Waals surface area (Å²) in [5.41, 5.74) is 1.74. The first-order valence-corrected chi connectivity index (χ1v) is 10.4. The molecule has 0 aliphatic rings. The van der Waals surface area contributed by atoms with Gasteiger partial charge in [0.25, 0.3) is 0 Å². The van der Waals surface area contributed by atoms with Gasteiger partial charge in [-0.15, -0.1) is 16.8 Å². The number of halogens is 1. The summed E-state index contributed by atoms with van der Waals surface area (Å²) in [6, 6.07) is 14.7. The number of rotatable bonds is 9. The average Bonchev–Trinajstić information content (AvgIpc) is 3.08. The van der Waals surface area contributed by atoms with E-state index < -0.39 is 0 Å². The maximum atomic E-state index is 12.7. The molecule has 1 atom stereocenters. The second kappa shape index (κ2) is 9.76. The van der Waals surface area contributed by atoms with E-state index in [1.54, 1.807) is 30.3 Å². The fourth-order valence-corrected chi connectivity index (χ4v) is 3.82. The summed E-state index contributed by atoms with van der Waals surface area (Å²) < 4.78 is 7.78. The van der Waals surface area contributed by atoms with Crippen molar-refractivity contribution in [3.8, 4) is 5.75 Å². The van der Waals surface area contributed by atoms with Crippen molar-refractivity contribution in [3.63, 3.8) is 0 Å². The van der Waals surface area contributed by atoms with Gasteiger partial charge in [0.15, 0.2) is 16.8 Å². The van der Waals surface area contributed by atoms with Crippen LogP contribution in [0, 0.1) is 6.92 Å². The molecule has 7 heteroatoms. The van der Waals surface area contributed by atoms with E-state index in [0.717, 1.165) is 11.3 Å². The highest BCUT2D eigenvalue weighted by molar-refractivity contribution is 8.00. The zero-order valence-electron chi connectivity index (χ0n) is 16.3. The Morgan fingerprint density at radius 1 is 1.28 bits per heavy atom. The first-order valence-electron chi connectivity index (χ1n) is 9.17. The van der Waals surface area contributed by atoms with Crippen LogP contribution in [0.1, 0.15) is 28.7 Å². The van der Waals surface area contributed by atoms with Crippen LogP contribution in [0.5, 0.6) is 5.75 Å². The Morgan fingerprint density at radius 2 is 2.03 bits per heavy atom. The third-order valence-electron chi connectivity index (χ3n) is 4.24. The lowest BCUT2D eigenvalue weighted by molar-refractivity contribution is 0.0994. The van der Waals surface area contributed by atoms with E-state index in [2.05, 4.69) is 16.8 Å². The molecule has 0 fully saturated rings. The Balaban J connectivity index is 1.72. The standard InChI is InChI=1S/C22H22ClN3O2S/c1-4-12-26-20(14-28-19-7-5-6-15(2)13-19)24-25-22(26)29-16(3)21(27)17-8-10-18(23)11-9-17/h4-11,13,16H,1,12,14H2,2-3H3. The molecule has 0 saturated carbocycles. The Kier molecular flexibility index (Phi) is 7.12. The number of carbonyl (C=O) groups is 1. The van der Waals surface area contributed by atoms with Crippen molar-refractivity contribution in [3.05, 3.63) is 83.2 Å².